The molecule has 0 spiro atoms. The van der Waals surface area contributed by atoms with Gasteiger partial charge in [0.1, 0.15) is 5.82 Å². The largest absolute Gasteiger partial charge is 0.399 e. The molecule has 3 N–H and O–H groups in total. The van der Waals surface area contributed by atoms with Crippen molar-refractivity contribution in [2.75, 3.05) is 17.6 Å². The van der Waals surface area contributed by atoms with Gasteiger partial charge < -0.3 is 11.1 Å². The van der Waals surface area contributed by atoms with E-state index in [1.165, 1.54) is 5.56 Å². The summed E-state index contributed by atoms with van der Waals surface area (Å²) in [6, 6.07) is 7.59. The summed E-state index contributed by atoms with van der Waals surface area (Å²) >= 11 is 0. The maximum Gasteiger partial charge on any atom is 0.127 e. The Kier molecular flexibility index (Phi) is 3.33. The second-order valence-corrected chi connectivity index (χ2v) is 3.51. The van der Waals surface area contributed by atoms with Crippen molar-refractivity contribution in [2.45, 2.75) is 6.42 Å². The zero-order valence-electron chi connectivity index (χ0n) is 8.93. The number of nitrogens with two attached hydrogens (primary N) is 1. The normalized spacial score (nSPS) is 10.0. The van der Waals surface area contributed by atoms with Crippen LogP contribution in [-0.4, -0.2) is 16.5 Å². The zero-order valence-corrected chi connectivity index (χ0v) is 8.93. The van der Waals surface area contributed by atoms with Gasteiger partial charge in [-0.3, -0.25) is 4.98 Å². The Morgan fingerprint density at radius 3 is 2.94 bits per heavy atom. The SMILES string of the molecule is Nc1ccnc(NCCc2cccnc2)c1. The number of pyridine rings is 2. The first-order chi connectivity index (χ1) is 7.84. The van der Waals surface area contributed by atoms with Crippen molar-refractivity contribution in [1.82, 2.24) is 9.97 Å². The molecule has 16 heavy (non-hydrogen) atoms. The molecule has 0 aliphatic rings. The van der Waals surface area contributed by atoms with Crippen LogP contribution >= 0.6 is 0 Å². The summed E-state index contributed by atoms with van der Waals surface area (Å²) in [6.45, 7) is 0.822. The first-order valence-electron chi connectivity index (χ1n) is 5.19. The van der Waals surface area contributed by atoms with Crippen molar-refractivity contribution in [1.29, 1.82) is 0 Å². The smallest absolute Gasteiger partial charge is 0.127 e. The third kappa shape index (κ3) is 2.95. The van der Waals surface area contributed by atoms with Crippen molar-refractivity contribution < 1.29 is 0 Å². The Hall–Kier alpha value is -2.10. The maximum absolute atomic E-state index is 5.65. The van der Waals surface area contributed by atoms with E-state index in [1.807, 2.05) is 18.3 Å². The first kappa shape index (κ1) is 10.4. The molecule has 2 rings (SSSR count). The minimum Gasteiger partial charge on any atom is -0.399 e. The van der Waals surface area contributed by atoms with Gasteiger partial charge in [-0.25, -0.2) is 4.98 Å². The third-order valence-electron chi connectivity index (χ3n) is 2.23. The molecule has 2 aromatic heterocycles. The fourth-order valence-corrected chi connectivity index (χ4v) is 1.42. The molecule has 0 bridgehead atoms. The molecule has 2 heterocycles. The molecule has 4 nitrogen and oxygen atoms in total. The molecular weight excluding hydrogens is 200 g/mol. The van der Waals surface area contributed by atoms with Crippen LogP contribution in [0.1, 0.15) is 5.56 Å². The van der Waals surface area contributed by atoms with E-state index in [0.717, 1.165) is 24.5 Å². The van der Waals surface area contributed by atoms with E-state index in [0.29, 0.717) is 0 Å². The topological polar surface area (TPSA) is 63.8 Å². The predicted octanol–water partition coefficient (Wildman–Crippen LogP) is 1.71. The number of hydrogen-bond donors (Lipinski definition) is 2. The monoisotopic (exact) mass is 214 g/mol. The zero-order chi connectivity index (χ0) is 11.2. The minimum atomic E-state index is 0.721. The van der Waals surface area contributed by atoms with E-state index in [-0.39, 0.29) is 0 Å². The highest BCUT2D eigenvalue weighted by molar-refractivity contribution is 5.48. The first-order valence-corrected chi connectivity index (χ1v) is 5.19. The lowest BCUT2D eigenvalue weighted by atomic mass is 10.2. The van der Waals surface area contributed by atoms with Gasteiger partial charge in [-0.1, -0.05) is 6.07 Å². The van der Waals surface area contributed by atoms with Gasteiger partial charge in [-0.05, 0) is 24.1 Å². The molecule has 0 unspecified atom stereocenters. The summed E-state index contributed by atoms with van der Waals surface area (Å²) in [5, 5.41) is 3.22. The average molecular weight is 214 g/mol. The molecule has 0 amide bonds. The van der Waals surface area contributed by atoms with Crippen LogP contribution in [0.3, 0.4) is 0 Å². The van der Waals surface area contributed by atoms with Gasteiger partial charge in [-0.15, -0.1) is 0 Å². The predicted molar refractivity (Wildman–Crippen MR) is 65.1 cm³/mol. The highest BCUT2D eigenvalue weighted by Crippen LogP contribution is 2.07. The van der Waals surface area contributed by atoms with Crippen molar-refractivity contribution in [3.05, 3.63) is 48.4 Å². The lowest BCUT2D eigenvalue weighted by Crippen LogP contribution is -2.06. The van der Waals surface area contributed by atoms with Crippen LogP contribution in [-0.2, 0) is 6.42 Å². The number of anilines is 2. The average Bonchev–Trinajstić information content (AvgIpc) is 2.30. The lowest BCUT2D eigenvalue weighted by Gasteiger charge is -2.05. The van der Waals surface area contributed by atoms with Gasteiger partial charge in [0.2, 0.25) is 0 Å². The van der Waals surface area contributed by atoms with Crippen LogP contribution in [0.5, 0.6) is 0 Å². The molecule has 0 aliphatic carbocycles. The molecule has 0 fully saturated rings. The van der Waals surface area contributed by atoms with Crippen molar-refractivity contribution in [2.24, 2.45) is 0 Å². The molecular formula is C12H14N4. The second kappa shape index (κ2) is 5.11. The number of nitrogens with zero attached hydrogens (tertiary/aromatic N) is 2. The molecule has 0 saturated heterocycles. The van der Waals surface area contributed by atoms with E-state index < -0.39 is 0 Å². The fraction of sp³-hybridized carbons (Fsp3) is 0.167. The number of rotatable bonds is 4. The standard InChI is InChI=1S/C12H14N4/c13-11-4-7-16-12(8-11)15-6-3-10-2-1-5-14-9-10/h1-2,4-5,7-9H,3,6H2,(H3,13,15,16). The third-order valence-corrected chi connectivity index (χ3v) is 2.23. The fourth-order valence-electron chi connectivity index (χ4n) is 1.42. The maximum atomic E-state index is 5.65. The van der Waals surface area contributed by atoms with E-state index >= 15 is 0 Å². The lowest BCUT2D eigenvalue weighted by molar-refractivity contribution is 0.994. The van der Waals surface area contributed by atoms with Crippen LogP contribution < -0.4 is 11.1 Å². The van der Waals surface area contributed by atoms with Gasteiger partial charge in [0.05, 0.1) is 0 Å². The Morgan fingerprint density at radius 2 is 2.19 bits per heavy atom. The molecule has 4 heteroatoms. The van der Waals surface area contributed by atoms with E-state index in [1.54, 1.807) is 18.5 Å². The molecule has 0 saturated carbocycles. The minimum absolute atomic E-state index is 0.721. The quantitative estimate of drug-likeness (QED) is 0.813. The van der Waals surface area contributed by atoms with Crippen LogP contribution in [0, 0.1) is 0 Å². The van der Waals surface area contributed by atoms with Gasteiger partial charge in [-0.2, -0.15) is 0 Å². The van der Waals surface area contributed by atoms with Crippen LogP contribution in [0.15, 0.2) is 42.9 Å². The summed E-state index contributed by atoms with van der Waals surface area (Å²) in [4.78, 5) is 8.23. The Labute approximate surface area is 94.5 Å². The van der Waals surface area contributed by atoms with Crippen molar-refractivity contribution in [3.63, 3.8) is 0 Å². The Bertz CT molecular complexity index is 442. The molecule has 0 aromatic carbocycles. The summed E-state index contributed by atoms with van der Waals surface area (Å²) in [6.07, 6.45) is 6.26. The Morgan fingerprint density at radius 1 is 1.25 bits per heavy atom. The number of nitrogens with one attached hydrogen (secondary N) is 1. The number of nitrogen functional groups attached to an aromatic ring is 1. The summed E-state index contributed by atoms with van der Waals surface area (Å²) in [7, 11) is 0. The highest BCUT2D eigenvalue weighted by atomic mass is 15.0. The molecule has 82 valence electrons. The van der Waals surface area contributed by atoms with E-state index in [9.17, 15) is 0 Å². The Balaban J connectivity index is 1.85. The van der Waals surface area contributed by atoms with Crippen molar-refractivity contribution >= 4 is 11.5 Å². The van der Waals surface area contributed by atoms with Crippen molar-refractivity contribution in [3.8, 4) is 0 Å². The van der Waals surface area contributed by atoms with Gasteiger partial charge in [0.15, 0.2) is 0 Å². The van der Waals surface area contributed by atoms with Crippen LogP contribution in [0.2, 0.25) is 0 Å². The van der Waals surface area contributed by atoms with E-state index in [2.05, 4.69) is 21.4 Å². The molecule has 0 radical (unpaired) electrons. The summed E-state index contributed by atoms with van der Waals surface area (Å²) in [5.74, 6) is 0.809. The summed E-state index contributed by atoms with van der Waals surface area (Å²) in [5.41, 5.74) is 7.58. The van der Waals surface area contributed by atoms with Gasteiger partial charge >= 0.3 is 0 Å². The van der Waals surface area contributed by atoms with E-state index in [4.69, 9.17) is 5.73 Å². The molecule has 2 aromatic rings. The molecule has 0 aliphatic heterocycles. The number of aromatic nitrogens is 2. The summed E-state index contributed by atoms with van der Waals surface area (Å²) < 4.78 is 0. The van der Waals surface area contributed by atoms with Gasteiger partial charge in [0.25, 0.3) is 0 Å². The second-order valence-electron chi connectivity index (χ2n) is 3.51. The highest BCUT2D eigenvalue weighted by Gasteiger charge is 1.95. The van der Waals surface area contributed by atoms with Gasteiger partial charge in [0, 0.05) is 36.9 Å². The van der Waals surface area contributed by atoms with Crippen LogP contribution in [0.25, 0.3) is 0 Å². The molecule has 0 atom stereocenters. The number of hydrogen-bond acceptors (Lipinski definition) is 4. The van der Waals surface area contributed by atoms with Crippen LogP contribution in [0.4, 0.5) is 11.5 Å².